The van der Waals surface area contributed by atoms with Crippen LogP contribution in [-0.2, 0) is 13.0 Å². The number of nitrogens with one attached hydrogen (secondary N) is 2. The Morgan fingerprint density at radius 3 is 2.27 bits per heavy atom. The monoisotopic (exact) mass is 346 g/mol. The number of hydrogen-bond acceptors (Lipinski definition) is 4. The van der Waals surface area contributed by atoms with Crippen molar-refractivity contribution >= 4 is 11.7 Å². The van der Waals surface area contributed by atoms with Crippen LogP contribution in [0.25, 0.3) is 0 Å². The van der Waals surface area contributed by atoms with Crippen molar-refractivity contribution < 1.29 is 4.79 Å². The van der Waals surface area contributed by atoms with E-state index in [1.807, 2.05) is 60.7 Å². The van der Waals surface area contributed by atoms with Crippen molar-refractivity contribution in [1.82, 2.24) is 15.3 Å². The summed E-state index contributed by atoms with van der Waals surface area (Å²) in [5.41, 5.74) is 2.72. The van der Waals surface area contributed by atoms with E-state index in [2.05, 4.69) is 20.6 Å². The molecular weight excluding hydrogens is 324 g/mol. The second kappa shape index (κ2) is 8.76. The molecule has 2 aromatic carbocycles. The zero-order valence-electron chi connectivity index (χ0n) is 14.8. The highest BCUT2D eigenvalue weighted by atomic mass is 16.1. The molecule has 3 aromatic rings. The first-order chi connectivity index (χ1) is 12.7. The molecule has 0 spiro atoms. The van der Waals surface area contributed by atoms with Crippen LogP contribution in [0.4, 0.5) is 5.82 Å². The van der Waals surface area contributed by atoms with Crippen LogP contribution in [0.3, 0.4) is 0 Å². The average Bonchev–Trinajstić information content (AvgIpc) is 2.67. The number of hydrogen-bond donors (Lipinski definition) is 2. The Hall–Kier alpha value is -3.21. The molecule has 132 valence electrons. The Labute approximate surface area is 153 Å². The standard InChI is InChI=1S/C21H22N4O/c1-16-24-19(21(26)22-13-12-17-8-4-2-5-9-17)14-20(25-16)23-15-18-10-6-3-7-11-18/h2-11,14H,12-13,15H2,1H3,(H,22,26)(H,23,24,25). The number of aromatic nitrogens is 2. The summed E-state index contributed by atoms with van der Waals surface area (Å²) in [6.07, 6.45) is 0.787. The lowest BCUT2D eigenvalue weighted by molar-refractivity contribution is 0.0949. The van der Waals surface area contributed by atoms with Crippen molar-refractivity contribution in [1.29, 1.82) is 0 Å². The second-order valence-corrected chi connectivity index (χ2v) is 6.02. The molecule has 0 fully saturated rings. The number of benzene rings is 2. The van der Waals surface area contributed by atoms with E-state index >= 15 is 0 Å². The van der Waals surface area contributed by atoms with E-state index in [0.29, 0.717) is 30.4 Å². The van der Waals surface area contributed by atoms with Crippen molar-refractivity contribution in [2.24, 2.45) is 0 Å². The maximum absolute atomic E-state index is 12.4. The highest BCUT2D eigenvalue weighted by Crippen LogP contribution is 2.09. The highest BCUT2D eigenvalue weighted by molar-refractivity contribution is 5.92. The van der Waals surface area contributed by atoms with Gasteiger partial charge < -0.3 is 10.6 Å². The molecule has 0 saturated heterocycles. The van der Waals surface area contributed by atoms with Crippen LogP contribution in [-0.4, -0.2) is 22.4 Å². The summed E-state index contributed by atoms with van der Waals surface area (Å²) in [6.45, 7) is 3.00. The molecule has 0 saturated carbocycles. The summed E-state index contributed by atoms with van der Waals surface area (Å²) >= 11 is 0. The van der Waals surface area contributed by atoms with Crippen LogP contribution in [0.15, 0.2) is 66.7 Å². The summed E-state index contributed by atoms with van der Waals surface area (Å²) in [5, 5.41) is 6.17. The molecular formula is C21H22N4O. The van der Waals surface area contributed by atoms with Crippen molar-refractivity contribution in [2.75, 3.05) is 11.9 Å². The Balaban J connectivity index is 1.58. The molecule has 0 aliphatic carbocycles. The topological polar surface area (TPSA) is 66.9 Å². The molecule has 5 nitrogen and oxygen atoms in total. The van der Waals surface area contributed by atoms with Gasteiger partial charge in [0.05, 0.1) is 0 Å². The molecule has 0 aliphatic heterocycles. The van der Waals surface area contributed by atoms with Crippen molar-refractivity contribution in [3.63, 3.8) is 0 Å². The molecule has 26 heavy (non-hydrogen) atoms. The highest BCUT2D eigenvalue weighted by Gasteiger charge is 2.10. The van der Waals surface area contributed by atoms with Crippen molar-refractivity contribution in [3.8, 4) is 0 Å². The average molecular weight is 346 g/mol. The summed E-state index contributed by atoms with van der Waals surface area (Å²) in [6, 6.07) is 21.8. The predicted molar refractivity (Wildman–Crippen MR) is 103 cm³/mol. The van der Waals surface area contributed by atoms with Crippen molar-refractivity contribution in [3.05, 3.63) is 89.4 Å². The normalized spacial score (nSPS) is 10.3. The van der Waals surface area contributed by atoms with E-state index in [1.54, 1.807) is 13.0 Å². The van der Waals surface area contributed by atoms with E-state index in [4.69, 9.17) is 0 Å². The Morgan fingerprint density at radius 2 is 1.58 bits per heavy atom. The van der Waals surface area contributed by atoms with Gasteiger partial charge in [-0.3, -0.25) is 4.79 Å². The summed E-state index contributed by atoms with van der Waals surface area (Å²) in [4.78, 5) is 21.0. The summed E-state index contributed by atoms with van der Waals surface area (Å²) in [7, 11) is 0. The first-order valence-corrected chi connectivity index (χ1v) is 8.66. The first kappa shape index (κ1) is 17.6. The molecule has 3 rings (SSSR count). The van der Waals surface area contributed by atoms with Gasteiger partial charge in [-0.1, -0.05) is 60.7 Å². The number of nitrogens with zero attached hydrogens (tertiary/aromatic N) is 2. The molecule has 0 bridgehead atoms. The lowest BCUT2D eigenvalue weighted by atomic mass is 10.1. The summed E-state index contributed by atoms with van der Waals surface area (Å²) in [5.74, 6) is 1.03. The van der Waals surface area contributed by atoms with Crippen molar-refractivity contribution in [2.45, 2.75) is 19.9 Å². The molecule has 0 atom stereocenters. The lowest BCUT2D eigenvalue weighted by Gasteiger charge is -2.09. The van der Waals surface area contributed by atoms with E-state index in [1.165, 1.54) is 5.56 Å². The predicted octanol–water partition coefficient (Wildman–Crippen LogP) is 3.37. The van der Waals surface area contributed by atoms with Gasteiger partial charge in [-0.2, -0.15) is 0 Å². The minimum atomic E-state index is -0.186. The van der Waals surface area contributed by atoms with Crippen LogP contribution in [0, 0.1) is 6.92 Å². The van der Waals surface area contributed by atoms with Gasteiger partial charge in [-0.05, 0) is 24.5 Å². The Bertz CT molecular complexity index is 850. The first-order valence-electron chi connectivity index (χ1n) is 8.66. The maximum atomic E-state index is 12.4. The van der Waals surface area contributed by atoms with Crippen LogP contribution in [0.5, 0.6) is 0 Å². The number of carbonyl (C=O) groups excluding carboxylic acids is 1. The fourth-order valence-electron chi connectivity index (χ4n) is 2.62. The minimum Gasteiger partial charge on any atom is -0.366 e. The second-order valence-electron chi connectivity index (χ2n) is 6.02. The molecule has 1 heterocycles. The number of amides is 1. The van der Waals surface area contributed by atoms with E-state index in [0.717, 1.165) is 12.0 Å². The Morgan fingerprint density at radius 1 is 0.923 bits per heavy atom. The van der Waals surface area contributed by atoms with Gasteiger partial charge in [0.25, 0.3) is 5.91 Å². The van der Waals surface area contributed by atoms with Gasteiger partial charge in [0, 0.05) is 19.2 Å². The van der Waals surface area contributed by atoms with E-state index in [9.17, 15) is 4.79 Å². The SMILES string of the molecule is Cc1nc(NCc2ccccc2)cc(C(=O)NCCc2ccccc2)n1. The minimum absolute atomic E-state index is 0.186. The fourth-order valence-corrected chi connectivity index (χ4v) is 2.62. The van der Waals surface area contributed by atoms with Gasteiger partial charge >= 0.3 is 0 Å². The quantitative estimate of drug-likeness (QED) is 0.688. The summed E-state index contributed by atoms with van der Waals surface area (Å²) < 4.78 is 0. The third kappa shape index (κ3) is 5.14. The molecule has 2 N–H and O–H groups in total. The molecule has 1 aromatic heterocycles. The molecule has 1 amide bonds. The third-order valence-corrected chi connectivity index (χ3v) is 3.93. The third-order valence-electron chi connectivity index (χ3n) is 3.93. The van der Waals surface area contributed by atoms with Crippen LogP contribution >= 0.6 is 0 Å². The molecule has 5 heteroatoms. The number of rotatable bonds is 7. The van der Waals surface area contributed by atoms with Crippen LogP contribution < -0.4 is 10.6 Å². The van der Waals surface area contributed by atoms with E-state index < -0.39 is 0 Å². The smallest absolute Gasteiger partial charge is 0.270 e. The molecule has 0 radical (unpaired) electrons. The number of aryl methyl sites for hydroxylation is 1. The van der Waals surface area contributed by atoms with Gasteiger partial charge in [0.15, 0.2) is 0 Å². The largest absolute Gasteiger partial charge is 0.366 e. The maximum Gasteiger partial charge on any atom is 0.270 e. The number of anilines is 1. The molecule has 0 aliphatic rings. The Kier molecular flexibility index (Phi) is 5.93. The van der Waals surface area contributed by atoms with Gasteiger partial charge in [0.1, 0.15) is 17.3 Å². The van der Waals surface area contributed by atoms with Gasteiger partial charge in [-0.25, -0.2) is 9.97 Å². The van der Waals surface area contributed by atoms with E-state index in [-0.39, 0.29) is 5.91 Å². The lowest BCUT2D eigenvalue weighted by Crippen LogP contribution is -2.27. The zero-order chi connectivity index (χ0) is 18.2. The van der Waals surface area contributed by atoms with Crippen LogP contribution in [0.1, 0.15) is 27.4 Å². The molecule has 0 unspecified atom stereocenters. The van der Waals surface area contributed by atoms with Gasteiger partial charge in [0.2, 0.25) is 0 Å². The van der Waals surface area contributed by atoms with Gasteiger partial charge in [-0.15, -0.1) is 0 Å². The van der Waals surface area contributed by atoms with Crippen LogP contribution in [0.2, 0.25) is 0 Å². The fraction of sp³-hybridized carbons (Fsp3) is 0.190. The zero-order valence-corrected chi connectivity index (χ0v) is 14.8. The number of carbonyl (C=O) groups is 1.